The number of carbonyl (C=O) groups is 3. The molecule has 0 unspecified atom stereocenters. The van der Waals surface area contributed by atoms with E-state index in [1.807, 2.05) is 39.0 Å². The molecule has 0 spiro atoms. The van der Waals surface area contributed by atoms with E-state index in [4.69, 9.17) is 25.8 Å². The van der Waals surface area contributed by atoms with Gasteiger partial charge in [-0.1, -0.05) is 35.9 Å². The van der Waals surface area contributed by atoms with E-state index in [0.29, 0.717) is 44.8 Å². The van der Waals surface area contributed by atoms with E-state index in [1.54, 1.807) is 66.7 Å². The van der Waals surface area contributed by atoms with Gasteiger partial charge in [-0.2, -0.15) is 0 Å². The Balaban J connectivity index is 1.55. The van der Waals surface area contributed by atoms with Crippen molar-refractivity contribution in [1.82, 2.24) is 5.32 Å². The molecular formula is C36H36ClN3O6S. The van der Waals surface area contributed by atoms with E-state index >= 15 is 0 Å². The van der Waals surface area contributed by atoms with Crippen LogP contribution in [0.25, 0.3) is 6.08 Å². The summed E-state index contributed by atoms with van der Waals surface area (Å²) < 4.78 is 15.6. The average molecular weight is 674 g/mol. The summed E-state index contributed by atoms with van der Waals surface area (Å²) in [4.78, 5) is 40.7. The Kier molecular flexibility index (Phi) is 11.6. The highest BCUT2D eigenvalue weighted by Crippen LogP contribution is 2.40. The minimum Gasteiger partial charge on any atom is -0.493 e. The maximum atomic E-state index is 13.6. The minimum atomic E-state index is -0.824. The lowest BCUT2D eigenvalue weighted by atomic mass is 10.1. The molecule has 11 heteroatoms. The molecule has 9 nitrogen and oxygen atoms in total. The number of carbonyl (C=O) groups excluding carboxylic acids is 3. The van der Waals surface area contributed by atoms with Crippen LogP contribution in [0.5, 0.6) is 17.2 Å². The number of amides is 3. The maximum Gasteiger partial charge on any atom is 0.272 e. The lowest BCUT2D eigenvalue weighted by Gasteiger charge is -2.24. The maximum absolute atomic E-state index is 13.6. The van der Waals surface area contributed by atoms with Crippen LogP contribution < -0.4 is 30.2 Å². The number of benzene rings is 4. The van der Waals surface area contributed by atoms with Crippen molar-refractivity contribution >= 4 is 58.5 Å². The summed E-state index contributed by atoms with van der Waals surface area (Å²) in [6.45, 7) is 5.51. The van der Waals surface area contributed by atoms with Gasteiger partial charge in [0.15, 0.2) is 11.5 Å². The zero-order valence-electron chi connectivity index (χ0n) is 26.9. The van der Waals surface area contributed by atoms with E-state index in [2.05, 4.69) is 16.0 Å². The number of rotatable bonds is 12. The third-order valence-electron chi connectivity index (χ3n) is 7.11. The topological polar surface area (TPSA) is 115 Å². The van der Waals surface area contributed by atoms with Gasteiger partial charge >= 0.3 is 0 Å². The molecule has 3 N–H and O–H groups in total. The lowest BCUT2D eigenvalue weighted by Crippen LogP contribution is -2.34. The number of thioether (sulfide) groups is 1. The highest BCUT2D eigenvalue weighted by atomic mass is 35.5. The van der Waals surface area contributed by atoms with Crippen LogP contribution in [0.15, 0.2) is 95.5 Å². The summed E-state index contributed by atoms with van der Waals surface area (Å²) in [6, 6.07) is 24.4. The summed E-state index contributed by atoms with van der Waals surface area (Å²) in [5.74, 6) is -0.108. The van der Waals surface area contributed by atoms with E-state index < -0.39 is 16.6 Å². The molecule has 244 valence electrons. The van der Waals surface area contributed by atoms with Crippen molar-refractivity contribution in [3.63, 3.8) is 0 Å². The van der Waals surface area contributed by atoms with Gasteiger partial charge in [0, 0.05) is 32.4 Å². The summed E-state index contributed by atoms with van der Waals surface area (Å²) in [5.41, 5.74) is 2.75. The van der Waals surface area contributed by atoms with Crippen molar-refractivity contribution in [3.8, 4) is 17.2 Å². The molecule has 3 amide bonds. The first kappa shape index (κ1) is 34.9. The molecular weight excluding hydrogens is 638 g/mol. The second kappa shape index (κ2) is 15.6. The third-order valence-corrected chi connectivity index (χ3v) is 8.72. The molecule has 0 fully saturated rings. The molecule has 0 aliphatic heterocycles. The molecule has 0 aliphatic carbocycles. The Bertz CT molecular complexity index is 1790. The van der Waals surface area contributed by atoms with Crippen molar-refractivity contribution in [2.75, 3.05) is 32.0 Å². The van der Waals surface area contributed by atoms with Crippen molar-refractivity contribution in [1.29, 1.82) is 0 Å². The molecule has 47 heavy (non-hydrogen) atoms. The first-order valence-electron chi connectivity index (χ1n) is 14.5. The van der Waals surface area contributed by atoms with Crippen LogP contribution in [-0.2, 0) is 9.59 Å². The van der Waals surface area contributed by atoms with Gasteiger partial charge < -0.3 is 30.2 Å². The van der Waals surface area contributed by atoms with Crippen LogP contribution in [-0.4, -0.2) is 43.8 Å². The van der Waals surface area contributed by atoms with Crippen LogP contribution >= 0.6 is 23.4 Å². The molecule has 0 heterocycles. The quantitative estimate of drug-likeness (QED) is 0.105. The van der Waals surface area contributed by atoms with Crippen LogP contribution in [0, 0.1) is 6.92 Å². The van der Waals surface area contributed by atoms with Crippen molar-refractivity contribution in [2.24, 2.45) is 0 Å². The summed E-state index contributed by atoms with van der Waals surface area (Å²) >= 11 is 7.59. The second-order valence-corrected chi connectivity index (χ2v) is 12.9. The molecule has 0 saturated carbocycles. The highest BCUT2D eigenvalue weighted by molar-refractivity contribution is 8.01. The highest BCUT2D eigenvalue weighted by Gasteiger charge is 2.29. The van der Waals surface area contributed by atoms with E-state index in [-0.39, 0.29) is 11.6 Å². The van der Waals surface area contributed by atoms with Gasteiger partial charge in [0.25, 0.3) is 11.8 Å². The molecule has 0 atom stereocenters. The predicted molar refractivity (Wildman–Crippen MR) is 188 cm³/mol. The zero-order chi connectivity index (χ0) is 34.1. The Hall–Kier alpha value is -4.93. The van der Waals surface area contributed by atoms with Crippen LogP contribution in [0.2, 0.25) is 5.02 Å². The van der Waals surface area contributed by atoms with Gasteiger partial charge in [0.2, 0.25) is 11.7 Å². The SMILES string of the molecule is COc1ccc(/C=C(\NC(=O)c2ccccc2)C(=O)Nc2ccc(SC(C)(C)C(=O)Nc3cccc(Cl)c3C)cc2)c(OC)c1OC. The molecule has 0 aromatic heterocycles. The number of halogens is 1. The van der Waals surface area contributed by atoms with Crippen molar-refractivity contribution in [2.45, 2.75) is 30.4 Å². The predicted octanol–water partition coefficient (Wildman–Crippen LogP) is 7.59. The molecule has 4 rings (SSSR count). The van der Waals surface area contributed by atoms with Gasteiger partial charge in [-0.3, -0.25) is 14.4 Å². The van der Waals surface area contributed by atoms with Crippen LogP contribution in [0.3, 0.4) is 0 Å². The zero-order valence-corrected chi connectivity index (χ0v) is 28.5. The Morgan fingerprint density at radius 2 is 1.47 bits per heavy atom. The third kappa shape index (κ3) is 8.66. The number of nitrogens with one attached hydrogen (secondary N) is 3. The number of hydrogen-bond donors (Lipinski definition) is 3. The number of anilines is 2. The molecule has 0 aliphatic rings. The Morgan fingerprint density at radius 3 is 2.11 bits per heavy atom. The monoisotopic (exact) mass is 673 g/mol. The fourth-order valence-corrected chi connectivity index (χ4v) is 5.68. The summed E-state index contributed by atoms with van der Waals surface area (Å²) in [6.07, 6.45) is 1.50. The van der Waals surface area contributed by atoms with E-state index in [1.165, 1.54) is 39.2 Å². The second-order valence-electron chi connectivity index (χ2n) is 10.8. The number of methoxy groups -OCH3 is 3. The largest absolute Gasteiger partial charge is 0.493 e. The van der Waals surface area contributed by atoms with Gasteiger partial charge in [0.05, 0.1) is 26.1 Å². The van der Waals surface area contributed by atoms with Gasteiger partial charge in [-0.15, -0.1) is 11.8 Å². The van der Waals surface area contributed by atoms with Crippen LogP contribution in [0.1, 0.15) is 35.3 Å². The summed E-state index contributed by atoms with van der Waals surface area (Å²) in [5, 5.41) is 9.11. The molecule has 0 radical (unpaired) electrons. The summed E-state index contributed by atoms with van der Waals surface area (Å²) in [7, 11) is 4.46. The molecule has 0 bridgehead atoms. The average Bonchev–Trinajstić information content (AvgIpc) is 3.07. The van der Waals surface area contributed by atoms with Gasteiger partial charge in [-0.25, -0.2) is 0 Å². The van der Waals surface area contributed by atoms with Gasteiger partial charge in [-0.05, 0) is 93.1 Å². The minimum absolute atomic E-state index is 0.0306. The normalized spacial score (nSPS) is 11.3. The van der Waals surface area contributed by atoms with Crippen LogP contribution in [0.4, 0.5) is 11.4 Å². The first-order valence-corrected chi connectivity index (χ1v) is 15.7. The lowest BCUT2D eigenvalue weighted by molar-refractivity contribution is -0.117. The molecule has 0 saturated heterocycles. The van der Waals surface area contributed by atoms with Crippen molar-refractivity contribution < 1.29 is 28.6 Å². The fourth-order valence-electron chi connectivity index (χ4n) is 4.50. The van der Waals surface area contributed by atoms with Gasteiger partial charge in [0.1, 0.15) is 5.70 Å². The number of hydrogen-bond acceptors (Lipinski definition) is 7. The molecule has 4 aromatic rings. The Labute approximate surface area is 283 Å². The Morgan fingerprint density at radius 1 is 0.787 bits per heavy atom. The number of ether oxygens (including phenoxy) is 3. The van der Waals surface area contributed by atoms with E-state index in [9.17, 15) is 14.4 Å². The molecule has 4 aromatic carbocycles. The smallest absolute Gasteiger partial charge is 0.272 e. The fraction of sp³-hybridized carbons (Fsp3) is 0.194. The first-order chi connectivity index (χ1) is 22.5. The standard InChI is InChI=1S/C36H36ClN3O6S/c1-22-27(37)13-10-14-28(22)40-35(43)36(2,3)47-26-18-16-25(17-19-26)38-34(42)29(39-33(41)23-11-8-7-9-12-23)21-24-15-20-30(44-4)32(46-6)31(24)45-5/h7-21H,1-6H3,(H,38,42)(H,39,41)(H,40,43)/b29-21-. The van der Waals surface area contributed by atoms with Crippen molar-refractivity contribution in [3.05, 3.63) is 112 Å². The van der Waals surface area contributed by atoms with E-state index in [0.717, 1.165) is 10.5 Å².